The maximum Gasteiger partial charge on any atom is 0.286 e. The summed E-state index contributed by atoms with van der Waals surface area (Å²) in [6, 6.07) is 13.2. The van der Waals surface area contributed by atoms with Crippen LogP contribution in [0, 0.1) is 12.8 Å². The molecule has 3 heterocycles. The molecule has 198 valence electrons. The van der Waals surface area contributed by atoms with Crippen LogP contribution in [-0.2, 0) is 4.79 Å². The maximum absolute atomic E-state index is 13.0. The molecule has 1 atom stereocenters. The Morgan fingerprint density at radius 3 is 2.50 bits per heavy atom. The van der Waals surface area contributed by atoms with Gasteiger partial charge in [-0.05, 0) is 50.3 Å². The van der Waals surface area contributed by atoms with Crippen molar-refractivity contribution < 1.29 is 23.9 Å². The number of benzene rings is 2. The van der Waals surface area contributed by atoms with Crippen LogP contribution >= 0.6 is 11.3 Å². The third kappa shape index (κ3) is 5.94. The number of anilines is 1. The molecule has 3 amide bonds. The van der Waals surface area contributed by atoms with Crippen molar-refractivity contribution in [2.24, 2.45) is 5.92 Å². The van der Waals surface area contributed by atoms with Crippen LogP contribution in [0.15, 0.2) is 42.5 Å². The number of hydrogen-bond acceptors (Lipinski definition) is 8. The fourth-order valence-electron chi connectivity index (χ4n) is 4.54. The van der Waals surface area contributed by atoms with Gasteiger partial charge in [-0.25, -0.2) is 0 Å². The number of nitrogens with one attached hydrogen (secondary N) is 2. The minimum atomic E-state index is -0.454. The van der Waals surface area contributed by atoms with Gasteiger partial charge in [-0.2, -0.15) is 0 Å². The lowest BCUT2D eigenvalue weighted by Crippen LogP contribution is -2.39. The van der Waals surface area contributed by atoms with Crippen molar-refractivity contribution in [3.05, 3.63) is 63.6 Å². The first-order chi connectivity index (χ1) is 18.4. The number of aryl methyl sites for hydroxylation is 1. The normalized spacial score (nSPS) is 15.7. The Bertz CT molecular complexity index is 1330. The summed E-state index contributed by atoms with van der Waals surface area (Å²) >= 11 is 0.959. The highest BCUT2D eigenvalue weighted by molar-refractivity contribution is 7.15. The molecule has 0 bridgehead atoms. The highest BCUT2D eigenvalue weighted by atomic mass is 32.1. The molecule has 1 fully saturated rings. The van der Waals surface area contributed by atoms with Gasteiger partial charge in [-0.1, -0.05) is 41.2 Å². The zero-order chi connectivity index (χ0) is 26.6. The Kier molecular flexibility index (Phi) is 7.54. The minimum Gasteiger partial charge on any atom is -0.454 e. The molecule has 0 radical (unpaired) electrons. The molecule has 5 rings (SSSR count). The summed E-state index contributed by atoms with van der Waals surface area (Å²) in [7, 11) is 0. The van der Waals surface area contributed by atoms with Gasteiger partial charge in [0, 0.05) is 31.3 Å². The predicted octanol–water partition coefficient (Wildman–Crippen LogP) is 3.95. The molecule has 0 saturated carbocycles. The highest BCUT2D eigenvalue weighted by Gasteiger charge is 2.28. The monoisotopic (exact) mass is 535 g/mol. The topological polar surface area (TPSA) is 123 Å². The fraction of sp³-hybridized carbons (Fsp3) is 0.370. The van der Waals surface area contributed by atoms with Crippen LogP contribution in [-0.4, -0.2) is 52.7 Å². The first-order valence-electron chi connectivity index (χ1n) is 12.6. The Morgan fingerprint density at radius 2 is 1.74 bits per heavy atom. The van der Waals surface area contributed by atoms with Crippen molar-refractivity contribution in [1.29, 1.82) is 0 Å². The lowest BCUT2D eigenvalue weighted by Gasteiger charge is -2.31. The van der Waals surface area contributed by atoms with E-state index in [4.69, 9.17) is 9.47 Å². The number of hydrogen-bond donors (Lipinski definition) is 2. The van der Waals surface area contributed by atoms with E-state index in [2.05, 4.69) is 20.8 Å². The third-order valence-corrected chi connectivity index (χ3v) is 7.67. The van der Waals surface area contributed by atoms with E-state index < -0.39 is 5.91 Å². The largest absolute Gasteiger partial charge is 0.454 e. The summed E-state index contributed by atoms with van der Waals surface area (Å²) in [4.78, 5) is 39.9. The van der Waals surface area contributed by atoms with Crippen molar-refractivity contribution in [3.63, 3.8) is 0 Å². The van der Waals surface area contributed by atoms with E-state index in [0.29, 0.717) is 36.7 Å². The molecule has 1 saturated heterocycles. The average molecular weight is 536 g/mol. The molecule has 2 aromatic carbocycles. The van der Waals surface area contributed by atoms with Gasteiger partial charge < -0.3 is 25.0 Å². The molecule has 0 unspecified atom stereocenters. The summed E-state index contributed by atoms with van der Waals surface area (Å²) in [6.07, 6.45) is 1.89. The number of carbonyl (C=O) groups is 3. The van der Waals surface area contributed by atoms with E-state index in [-0.39, 0.29) is 40.6 Å². The number of carbonyl (C=O) groups excluding carboxylic acids is 3. The molecule has 10 nitrogen and oxygen atoms in total. The lowest BCUT2D eigenvalue weighted by molar-refractivity contribution is -0.122. The summed E-state index contributed by atoms with van der Waals surface area (Å²) in [5.74, 6) is 0.697. The lowest BCUT2D eigenvalue weighted by atomic mass is 9.93. The Labute approximate surface area is 224 Å². The second-order valence-corrected chi connectivity index (χ2v) is 10.6. The molecule has 2 aliphatic rings. The van der Waals surface area contributed by atoms with Gasteiger partial charge in [0.2, 0.25) is 22.7 Å². The van der Waals surface area contributed by atoms with Gasteiger partial charge >= 0.3 is 0 Å². The first-order valence-corrected chi connectivity index (χ1v) is 13.4. The number of nitrogens with zero attached hydrogens (tertiary/aromatic N) is 3. The van der Waals surface area contributed by atoms with Crippen LogP contribution in [0.5, 0.6) is 11.5 Å². The molecule has 38 heavy (non-hydrogen) atoms. The van der Waals surface area contributed by atoms with Crippen molar-refractivity contribution in [3.8, 4) is 11.5 Å². The number of rotatable bonds is 7. The van der Waals surface area contributed by atoms with Crippen molar-refractivity contribution in [2.45, 2.75) is 39.2 Å². The van der Waals surface area contributed by atoms with Gasteiger partial charge in [-0.15, -0.1) is 10.2 Å². The van der Waals surface area contributed by atoms with Crippen LogP contribution in [0.2, 0.25) is 0 Å². The molecule has 2 aliphatic heterocycles. The van der Waals surface area contributed by atoms with E-state index in [0.717, 1.165) is 29.7 Å². The Morgan fingerprint density at radius 1 is 1.03 bits per heavy atom. The second kappa shape index (κ2) is 11.2. The van der Waals surface area contributed by atoms with Gasteiger partial charge in [0.05, 0.1) is 6.04 Å². The number of fused-ring (bicyclic) bond motifs is 1. The molecule has 2 N–H and O–H groups in total. The average Bonchev–Trinajstić information content (AvgIpc) is 3.59. The molecule has 3 aromatic rings. The molecular formula is C27H29N5O5S. The maximum atomic E-state index is 13.0. The summed E-state index contributed by atoms with van der Waals surface area (Å²) in [6.45, 7) is 5.22. The standard InChI is InChI=1S/C27H29N5O5S/c1-16-3-5-19(6-4-16)17(2)28-23(33)13-18-9-11-32(12-10-18)27(35)26-31-30-25(38-26)24(34)29-20-7-8-21-22(14-20)37-15-36-21/h3-8,14,17-18H,9-13,15H2,1-2H3,(H,28,33)(H,29,34)/t17-/m1/s1. The number of piperidine rings is 1. The number of ether oxygens (including phenoxy) is 2. The fourth-order valence-corrected chi connectivity index (χ4v) is 5.24. The highest BCUT2D eigenvalue weighted by Crippen LogP contribution is 2.34. The molecule has 1 aromatic heterocycles. The van der Waals surface area contributed by atoms with Crippen LogP contribution in [0.3, 0.4) is 0 Å². The van der Waals surface area contributed by atoms with Crippen LogP contribution in [0.25, 0.3) is 0 Å². The Balaban J connectivity index is 1.09. The third-order valence-electron chi connectivity index (χ3n) is 6.76. The summed E-state index contributed by atoms with van der Waals surface area (Å²) in [5, 5.41) is 14.0. The van der Waals surface area contributed by atoms with E-state index >= 15 is 0 Å². The zero-order valence-corrected chi connectivity index (χ0v) is 22.0. The number of amides is 3. The van der Waals surface area contributed by atoms with Crippen LogP contribution in [0.4, 0.5) is 5.69 Å². The predicted molar refractivity (Wildman–Crippen MR) is 141 cm³/mol. The summed E-state index contributed by atoms with van der Waals surface area (Å²) < 4.78 is 10.6. The van der Waals surface area contributed by atoms with E-state index in [1.807, 2.05) is 38.1 Å². The molecule has 0 aliphatic carbocycles. The quantitative estimate of drug-likeness (QED) is 0.470. The summed E-state index contributed by atoms with van der Waals surface area (Å²) in [5.41, 5.74) is 2.79. The van der Waals surface area contributed by atoms with E-state index in [9.17, 15) is 14.4 Å². The number of likely N-dealkylation sites (tertiary alicyclic amines) is 1. The molecular weight excluding hydrogens is 506 g/mol. The molecule has 11 heteroatoms. The zero-order valence-electron chi connectivity index (χ0n) is 21.2. The van der Waals surface area contributed by atoms with Gasteiger partial charge in [-0.3, -0.25) is 14.4 Å². The SMILES string of the molecule is Cc1ccc([C@@H](C)NC(=O)CC2CCN(C(=O)c3nnc(C(=O)Nc4ccc5c(c4)OCO5)s3)CC2)cc1. The Hall–Kier alpha value is -3.99. The number of aromatic nitrogens is 2. The van der Waals surface area contributed by atoms with Gasteiger partial charge in [0.25, 0.3) is 11.8 Å². The molecule has 0 spiro atoms. The van der Waals surface area contributed by atoms with Crippen LogP contribution in [0.1, 0.15) is 63.0 Å². The second-order valence-electron chi connectivity index (χ2n) is 9.57. The smallest absolute Gasteiger partial charge is 0.286 e. The van der Waals surface area contributed by atoms with Crippen molar-refractivity contribution >= 4 is 34.7 Å². The first kappa shape index (κ1) is 25.7. The van der Waals surface area contributed by atoms with Crippen molar-refractivity contribution in [2.75, 3.05) is 25.2 Å². The van der Waals surface area contributed by atoms with E-state index in [1.54, 1.807) is 23.1 Å². The minimum absolute atomic E-state index is 0.0186. The van der Waals surface area contributed by atoms with Crippen LogP contribution < -0.4 is 20.1 Å². The van der Waals surface area contributed by atoms with Gasteiger partial charge in [0.1, 0.15) is 0 Å². The van der Waals surface area contributed by atoms with E-state index in [1.165, 1.54) is 5.56 Å². The van der Waals surface area contributed by atoms with Gasteiger partial charge in [0.15, 0.2) is 11.5 Å². The van der Waals surface area contributed by atoms with Crippen molar-refractivity contribution in [1.82, 2.24) is 20.4 Å².